The van der Waals surface area contributed by atoms with Gasteiger partial charge in [-0.3, -0.25) is 0 Å². The van der Waals surface area contributed by atoms with Crippen LogP contribution in [0, 0.1) is 16.7 Å². The van der Waals surface area contributed by atoms with Gasteiger partial charge in [-0.15, -0.1) is 0 Å². The number of hydrogen-bond donors (Lipinski definition) is 2. The first-order chi connectivity index (χ1) is 5.12. The fraction of sp³-hybridized carbons (Fsp3) is 0.875. The second kappa shape index (κ2) is 5.11. The van der Waals surface area contributed by atoms with Crippen LogP contribution in [0.15, 0.2) is 0 Å². The Morgan fingerprint density at radius 2 is 2.18 bits per heavy atom. The van der Waals surface area contributed by atoms with Gasteiger partial charge >= 0.3 is 0 Å². The molecule has 3 N–H and O–H groups in total. The highest BCUT2D eigenvalue weighted by molar-refractivity contribution is 4.75. The van der Waals surface area contributed by atoms with E-state index < -0.39 is 0 Å². The van der Waals surface area contributed by atoms with E-state index >= 15 is 0 Å². The molecule has 0 amide bonds. The predicted molar refractivity (Wildman–Crippen MR) is 45.9 cm³/mol. The lowest BCUT2D eigenvalue weighted by Gasteiger charge is -2.22. The molecule has 0 rings (SSSR count). The van der Waals surface area contributed by atoms with Crippen LogP contribution in [0.1, 0.15) is 20.3 Å². The number of nitrogens with zero attached hydrogens (tertiary/aromatic N) is 1. The number of nitrogens with two attached hydrogens (primary N) is 1. The minimum absolute atomic E-state index is 0.148. The Kier molecular flexibility index (Phi) is 4.84. The monoisotopic (exact) mass is 155 g/mol. The molecule has 0 fully saturated rings. The average molecular weight is 155 g/mol. The van der Waals surface area contributed by atoms with Crippen LogP contribution in [0.5, 0.6) is 0 Å². The summed E-state index contributed by atoms with van der Waals surface area (Å²) in [5, 5.41) is 11.4. The molecule has 3 nitrogen and oxygen atoms in total. The van der Waals surface area contributed by atoms with Crippen LogP contribution < -0.4 is 11.1 Å². The van der Waals surface area contributed by atoms with E-state index in [2.05, 4.69) is 25.2 Å². The molecule has 0 saturated heterocycles. The molecule has 0 aliphatic rings. The van der Waals surface area contributed by atoms with Crippen molar-refractivity contribution in [2.75, 3.05) is 19.6 Å². The summed E-state index contributed by atoms with van der Waals surface area (Å²) in [7, 11) is 0. The molecule has 0 aliphatic carbocycles. The molecule has 0 spiro atoms. The molecule has 0 heterocycles. The highest BCUT2D eigenvalue weighted by atomic mass is 14.9. The van der Waals surface area contributed by atoms with Gasteiger partial charge in [0.15, 0.2) is 0 Å². The maximum Gasteiger partial charge on any atom is 0.0635 e. The smallest absolute Gasteiger partial charge is 0.0635 e. The number of rotatable bonds is 5. The van der Waals surface area contributed by atoms with Gasteiger partial charge in [0.2, 0.25) is 0 Å². The molecular formula is C8H17N3. The molecule has 3 heteroatoms. The van der Waals surface area contributed by atoms with Crippen LogP contribution in [0.25, 0.3) is 0 Å². The Morgan fingerprint density at radius 1 is 1.55 bits per heavy atom. The third kappa shape index (κ3) is 5.84. The summed E-state index contributed by atoms with van der Waals surface area (Å²) >= 11 is 0. The Labute approximate surface area is 68.6 Å². The van der Waals surface area contributed by atoms with Gasteiger partial charge < -0.3 is 11.1 Å². The van der Waals surface area contributed by atoms with Crippen molar-refractivity contribution >= 4 is 0 Å². The van der Waals surface area contributed by atoms with Gasteiger partial charge in [-0.2, -0.15) is 5.26 Å². The zero-order valence-electron chi connectivity index (χ0n) is 7.35. The standard InChI is InChI=1S/C8H17N3/c1-8(2,6-10)7-11-5-3-4-9/h11H,3,5-7,10H2,1-2H3. The van der Waals surface area contributed by atoms with Gasteiger partial charge in [0.1, 0.15) is 0 Å². The van der Waals surface area contributed by atoms with E-state index in [0.717, 1.165) is 13.1 Å². The first kappa shape index (κ1) is 10.4. The molecule has 0 radical (unpaired) electrons. The second-order valence-corrected chi connectivity index (χ2v) is 3.45. The van der Waals surface area contributed by atoms with Crippen LogP contribution in [0.3, 0.4) is 0 Å². The first-order valence-corrected chi connectivity index (χ1v) is 3.90. The summed E-state index contributed by atoms with van der Waals surface area (Å²) in [5.41, 5.74) is 5.66. The summed E-state index contributed by atoms with van der Waals surface area (Å²) < 4.78 is 0. The number of nitriles is 1. The molecule has 0 aromatic heterocycles. The van der Waals surface area contributed by atoms with Crippen LogP contribution in [0.2, 0.25) is 0 Å². The normalized spacial score (nSPS) is 11.1. The highest BCUT2D eigenvalue weighted by Gasteiger charge is 2.13. The summed E-state index contributed by atoms with van der Waals surface area (Å²) in [6.45, 7) is 6.52. The Hall–Kier alpha value is -0.590. The lowest BCUT2D eigenvalue weighted by Crippen LogP contribution is -2.35. The minimum atomic E-state index is 0.148. The Bertz CT molecular complexity index is 135. The predicted octanol–water partition coefficient (Wildman–Crippen LogP) is 0.475. The molecule has 0 saturated carbocycles. The van der Waals surface area contributed by atoms with Crippen molar-refractivity contribution in [3.8, 4) is 6.07 Å². The summed E-state index contributed by atoms with van der Waals surface area (Å²) in [5.74, 6) is 0. The van der Waals surface area contributed by atoms with Crippen molar-refractivity contribution < 1.29 is 0 Å². The molecule has 11 heavy (non-hydrogen) atoms. The van der Waals surface area contributed by atoms with Crippen LogP contribution in [0.4, 0.5) is 0 Å². The SMILES string of the molecule is CC(C)(CN)CNCCC#N. The van der Waals surface area contributed by atoms with E-state index in [-0.39, 0.29) is 5.41 Å². The third-order valence-electron chi connectivity index (χ3n) is 1.57. The van der Waals surface area contributed by atoms with Crippen molar-refractivity contribution in [1.29, 1.82) is 5.26 Å². The molecule has 0 unspecified atom stereocenters. The van der Waals surface area contributed by atoms with Crippen LogP contribution in [-0.2, 0) is 0 Å². The van der Waals surface area contributed by atoms with E-state index in [4.69, 9.17) is 11.0 Å². The largest absolute Gasteiger partial charge is 0.330 e. The summed E-state index contributed by atoms with van der Waals surface area (Å²) in [6.07, 6.45) is 0.570. The van der Waals surface area contributed by atoms with Crippen LogP contribution >= 0.6 is 0 Å². The van der Waals surface area contributed by atoms with Gasteiger partial charge in [0.25, 0.3) is 0 Å². The summed E-state index contributed by atoms with van der Waals surface area (Å²) in [6, 6.07) is 2.08. The zero-order valence-corrected chi connectivity index (χ0v) is 7.35. The molecule has 0 aromatic carbocycles. The highest BCUT2D eigenvalue weighted by Crippen LogP contribution is 2.09. The van der Waals surface area contributed by atoms with Crippen LogP contribution in [-0.4, -0.2) is 19.6 Å². The van der Waals surface area contributed by atoms with E-state index in [1.807, 2.05) is 0 Å². The second-order valence-electron chi connectivity index (χ2n) is 3.45. The first-order valence-electron chi connectivity index (χ1n) is 3.90. The Balaban J connectivity index is 3.32. The topological polar surface area (TPSA) is 61.8 Å². The quantitative estimate of drug-likeness (QED) is 0.567. The van der Waals surface area contributed by atoms with Crippen molar-refractivity contribution in [2.24, 2.45) is 11.1 Å². The molecule has 0 bridgehead atoms. The van der Waals surface area contributed by atoms with Crippen molar-refractivity contribution in [3.05, 3.63) is 0 Å². The molecule has 64 valence electrons. The van der Waals surface area contributed by atoms with Gasteiger partial charge in [0.05, 0.1) is 6.07 Å². The maximum atomic E-state index is 8.24. The van der Waals surface area contributed by atoms with Gasteiger partial charge in [-0.25, -0.2) is 0 Å². The molecule has 0 aliphatic heterocycles. The van der Waals surface area contributed by atoms with E-state index in [0.29, 0.717) is 13.0 Å². The fourth-order valence-corrected chi connectivity index (χ4v) is 0.643. The fourth-order valence-electron chi connectivity index (χ4n) is 0.643. The Morgan fingerprint density at radius 3 is 2.64 bits per heavy atom. The lowest BCUT2D eigenvalue weighted by atomic mass is 9.94. The van der Waals surface area contributed by atoms with Crippen molar-refractivity contribution in [2.45, 2.75) is 20.3 Å². The van der Waals surface area contributed by atoms with Crippen molar-refractivity contribution in [1.82, 2.24) is 5.32 Å². The van der Waals surface area contributed by atoms with Crippen molar-refractivity contribution in [3.63, 3.8) is 0 Å². The molecular weight excluding hydrogens is 138 g/mol. The number of nitrogens with one attached hydrogen (secondary N) is 1. The van der Waals surface area contributed by atoms with Gasteiger partial charge in [0, 0.05) is 19.5 Å². The van der Waals surface area contributed by atoms with Gasteiger partial charge in [-0.1, -0.05) is 13.8 Å². The summed E-state index contributed by atoms with van der Waals surface area (Å²) in [4.78, 5) is 0. The van der Waals surface area contributed by atoms with E-state index in [1.54, 1.807) is 0 Å². The average Bonchev–Trinajstić information content (AvgIpc) is 1.99. The molecule has 0 atom stereocenters. The maximum absolute atomic E-state index is 8.24. The van der Waals surface area contributed by atoms with Gasteiger partial charge in [-0.05, 0) is 12.0 Å². The van der Waals surface area contributed by atoms with E-state index in [1.165, 1.54) is 0 Å². The third-order valence-corrected chi connectivity index (χ3v) is 1.57. The van der Waals surface area contributed by atoms with E-state index in [9.17, 15) is 0 Å². The minimum Gasteiger partial charge on any atom is -0.330 e. The molecule has 0 aromatic rings. The number of hydrogen-bond acceptors (Lipinski definition) is 3. The lowest BCUT2D eigenvalue weighted by molar-refractivity contribution is 0.354. The zero-order chi connectivity index (χ0) is 8.74.